The third kappa shape index (κ3) is 3.92. The highest BCUT2D eigenvalue weighted by molar-refractivity contribution is 8.15. The van der Waals surface area contributed by atoms with Crippen molar-refractivity contribution < 1.29 is 8.42 Å². The number of aliphatic imine (C=N–C) groups is 2. The van der Waals surface area contributed by atoms with Crippen LogP contribution >= 0.6 is 11.8 Å². The zero-order valence-corrected chi connectivity index (χ0v) is 17.4. The first kappa shape index (κ1) is 19.4. The monoisotopic (exact) mass is 413 g/mol. The summed E-state index contributed by atoms with van der Waals surface area (Å²) in [6.07, 6.45) is 3.23. The van der Waals surface area contributed by atoms with Gasteiger partial charge >= 0.3 is 0 Å². The Bertz CT molecular complexity index is 994. The maximum absolute atomic E-state index is 12.8. The van der Waals surface area contributed by atoms with Crippen LogP contribution in [-0.4, -0.2) is 48.5 Å². The Balaban J connectivity index is 1.50. The Kier molecular flexibility index (Phi) is 5.40. The van der Waals surface area contributed by atoms with E-state index in [1.807, 2.05) is 66.9 Å². The molecule has 2 aromatic rings. The molecule has 0 N–H and O–H groups in total. The molecule has 0 aromatic heterocycles. The van der Waals surface area contributed by atoms with Crippen LogP contribution in [0.2, 0.25) is 0 Å². The van der Waals surface area contributed by atoms with Crippen LogP contribution < -0.4 is 0 Å². The van der Waals surface area contributed by atoms with Gasteiger partial charge in [0.05, 0.1) is 11.5 Å². The lowest BCUT2D eigenvalue weighted by molar-refractivity contribution is 0.248. The molecular weight excluding hydrogens is 390 g/mol. The molecule has 1 spiro atoms. The molecule has 0 atom stereocenters. The lowest BCUT2D eigenvalue weighted by Gasteiger charge is -2.34. The molecule has 2 aromatic carbocycles. The Morgan fingerprint density at radius 3 is 2.18 bits per heavy atom. The Labute approximate surface area is 170 Å². The van der Waals surface area contributed by atoms with E-state index >= 15 is 0 Å². The van der Waals surface area contributed by atoms with E-state index in [0.717, 1.165) is 21.9 Å². The van der Waals surface area contributed by atoms with Crippen molar-refractivity contribution in [1.82, 2.24) is 4.31 Å². The summed E-state index contributed by atoms with van der Waals surface area (Å²) in [6, 6.07) is 19.4. The molecular formula is C21H23N3O2S2. The summed E-state index contributed by atoms with van der Waals surface area (Å²) in [5.41, 5.74) is 2.28. The van der Waals surface area contributed by atoms with Crippen molar-refractivity contribution in [2.75, 3.05) is 19.3 Å². The van der Waals surface area contributed by atoms with Gasteiger partial charge in [0.25, 0.3) is 0 Å². The van der Waals surface area contributed by atoms with Crippen LogP contribution in [0.4, 0.5) is 0 Å². The summed E-state index contributed by atoms with van der Waals surface area (Å²) >= 11 is 1.60. The number of hydrogen-bond acceptors (Lipinski definition) is 5. The molecule has 0 unspecified atom stereocenters. The van der Waals surface area contributed by atoms with Crippen molar-refractivity contribution in [2.24, 2.45) is 9.98 Å². The number of thioether (sulfide) groups is 1. The quantitative estimate of drug-likeness (QED) is 0.770. The van der Waals surface area contributed by atoms with E-state index in [9.17, 15) is 8.42 Å². The summed E-state index contributed by atoms with van der Waals surface area (Å²) in [4.78, 5) is 9.88. The van der Waals surface area contributed by atoms with E-state index in [-0.39, 0.29) is 5.75 Å². The summed E-state index contributed by atoms with van der Waals surface area (Å²) in [5, 5.41) is 0.937. The maximum atomic E-state index is 12.8. The third-order valence-electron chi connectivity index (χ3n) is 5.18. The fraction of sp³-hybridized carbons (Fsp3) is 0.333. The normalized spacial score (nSPS) is 19.5. The summed E-state index contributed by atoms with van der Waals surface area (Å²) in [5.74, 6) is 0.0404. The molecule has 0 aliphatic carbocycles. The van der Waals surface area contributed by atoms with E-state index in [1.165, 1.54) is 0 Å². The topological polar surface area (TPSA) is 62.1 Å². The first-order chi connectivity index (χ1) is 13.5. The molecule has 1 saturated heterocycles. The lowest BCUT2D eigenvalue weighted by atomic mass is 10.00. The molecule has 0 radical (unpaired) electrons. The highest BCUT2D eigenvalue weighted by Gasteiger charge is 2.41. The Morgan fingerprint density at radius 2 is 1.57 bits per heavy atom. The number of benzene rings is 2. The van der Waals surface area contributed by atoms with Crippen LogP contribution in [0.3, 0.4) is 0 Å². The van der Waals surface area contributed by atoms with E-state index in [0.29, 0.717) is 25.9 Å². The SMILES string of the molecule is CSC1=NC2(CCN(S(=O)(=O)Cc3ccccc3)CC2)N=C1c1ccccc1. The van der Waals surface area contributed by atoms with Crippen LogP contribution in [0.15, 0.2) is 70.6 Å². The molecule has 0 amide bonds. The van der Waals surface area contributed by atoms with Crippen LogP contribution in [0.5, 0.6) is 0 Å². The molecule has 0 bridgehead atoms. The van der Waals surface area contributed by atoms with Crippen molar-refractivity contribution >= 4 is 32.5 Å². The van der Waals surface area contributed by atoms with Gasteiger partial charge in [0.1, 0.15) is 5.04 Å². The minimum Gasteiger partial charge on any atom is -0.252 e. The van der Waals surface area contributed by atoms with Gasteiger partial charge < -0.3 is 0 Å². The van der Waals surface area contributed by atoms with Gasteiger partial charge in [0.2, 0.25) is 10.0 Å². The highest BCUT2D eigenvalue weighted by Crippen LogP contribution is 2.36. The molecule has 4 rings (SSSR count). The first-order valence-electron chi connectivity index (χ1n) is 9.33. The van der Waals surface area contributed by atoms with Crippen molar-refractivity contribution in [2.45, 2.75) is 24.3 Å². The van der Waals surface area contributed by atoms with Gasteiger partial charge in [-0.1, -0.05) is 60.7 Å². The van der Waals surface area contributed by atoms with Crippen LogP contribution in [-0.2, 0) is 15.8 Å². The summed E-state index contributed by atoms with van der Waals surface area (Å²) in [7, 11) is -3.34. The predicted molar refractivity (Wildman–Crippen MR) is 117 cm³/mol. The summed E-state index contributed by atoms with van der Waals surface area (Å²) in [6.45, 7) is 0.901. The van der Waals surface area contributed by atoms with Crippen molar-refractivity contribution in [3.8, 4) is 0 Å². The van der Waals surface area contributed by atoms with Crippen LogP contribution in [0, 0.1) is 0 Å². The van der Waals surface area contributed by atoms with Crippen LogP contribution in [0.25, 0.3) is 0 Å². The fourth-order valence-electron chi connectivity index (χ4n) is 3.67. The van der Waals surface area contributed by atoms with Gasteiger partial charge in [-0.15, -0.1) is 11.8 Å². The summed E-state index contributed by atoms with van der Waals surface area (Å²) < 4.78 is 27.2. The third-order valence-corrected chi connectivity index (χ3v) is 7.70. The van der Waals surface area contributed by atoms with E-state index in [1.54, 1.807) is 16.1 Å². The second-order valence-corrected chi connectivity index (χ2v) is 9.83. The van der Waals surface area contributed by atoms with Gasteiger partial charge in [-0.3, -0.25) is 4.99 Å². The number of sulfonamides is 1. The van der Waals surface area contributed by atoms with Gasteiger partial charge in [-0.25, -0.2) is 17.7 Å². The average Bonchev–Trinajstić information content (AvgIpc) is 3.08. The standard InChI is InChI=1S/C21H23N3O2S2/c1-27-20-19(18-10-6-3-7-11-18)22-21(23-20)12-14-24(15-13-21)28(25,26)16-17-8-4-2-5-9-17/h2-11H,12-16H2,1H3. The lowest BCUT2D eigenvalue weighted by Crippen LogP contribution is -2.44. The van der Waals surface area contributed by atoms with Gasteiger partial charge in [0, 0.05) is 31.5 Å². The zero-order valence-electron chi connectivity index (χ0n) is 15.8. The predicted octanol–water partition coefficient (Wildman–Crippen LogP) is 3.57. The van der Waals surface area contributed by atoms with Crippen LogP contribution in [0.1, 0.15) is 24.0 Å². The molecule has 28 heavy (non-hydrogen) atoms. The van der Waals surface area contributed by atoms with Crippen molar-refractivity contribution in [3.05, 3.63) is 71.8 Å². The van der Waals surface area contributed by atoms with E-state index in [4.69, 9.17) is 9.98 Å². The number of nitrogens with zero attached hydrogens (tertiary/aromatic N) is 3. The molecule has 2 aliphatic rings. The molecule has 0 saturated carbocycles. The molecule has 1 fully saturated rings. The molecule has 146 valence electrons. The molecule has 2 heterocycles. The maximum Gasteiger partial charge on any atom is 0.218 e. The fourth-order valence-corrected chi connectivity index (χ4v) is 5.82. The average molecular weight is 414 g/mol. The van der Waals surface area contributed by atoms with Crippen molar-refractivity contribution in [1.29, 1.82) is 0 Å². The minimum absolute atomic E-state index is 0.0404. The number of piperidine rings is 1. The van der Waals surface area contributed by atoms with Crippen molar-refractivity contribution in [3.63, 3.8) is 0 Å². The second-order valence-electron chi connectivity index (χ2n) is 7.07. The first-order valence-corrected chi connectivity index (χ1v) is 12.2. The second kappa shape index (κ2) is 7.81. The minimum atomic E-state index is -3.34. The van der Waals surface area contributed by atoms with Gasteiger partial charge in [-0.05, 0) is 11.8 Å². The molecule has 5 nitrogen and oxygen atoms in total. The van der Waals surface area contributed by atoms with E-state index < -0.39 is 15.7 Å². The largest absolute Gasteiger partial charge is 0.252 e. The van der Waals surface area contributed by atoms with E-state index in [2.05, 4.69) is 0 Å². The Morgan fingerprint density at radius 1 is 0.964 bits per heavy atom. The number of rotatable bonds is 4. The molecule has 7 heteroatoms. The number of hydrogen-bond donors (Lipinski definition) is 0. The van der Waals surface area contributed by atoms with Gasteiger partial charge in [0.15, 0.2) is 5.66 Å². The highest BCUT2D eigenvalue weighted by atomic mass is 32.2. The zero-order chi connectivity index (χ0) is 19.6. The smallest absolute Gasteiger partial charge is 0.218 e. The molecule has 2 aliphatic heterocycles. The van der Waals surface area contributed by atoms with Gasteiger partial charge in [-0.2, -0.15) is 0 Å². The Hall–Kier alpha value is -1.96.